The first-order valence-corrected chi connectivity index (χ1v) is 4.38. The Balaban J connectivity index is 2.72. The minimum absolute atomic E-state index is 0.379. The molecule has 0 aliphatic carbocycles. The van der Waals surface area contributed by atoms with E-state index in [1.54, 1.807) is 13.0 Å². The number of carbonyl (C=O) groups is 1. The molecule has 14 heavy (non-hydrogen) atoms. The van der Waals surface area contributed by atoms with E-state index in [4.69, 9.17) is 5.11 Å². The molecular formula is C10H12FNO2. The number of nitrogens with one attached hydrogen (secondary N) is 1. The summed E-state index contributed by atoms with van der Waals surface area (Å²) in [6, 6.07) is 5.08. The predicted molar refractivity (Wildman–Crippen MR) is 51.7 cm³/mol. The second-order valence-electron chi connectivity index (χ2n) is 2.95. The van der Waals surface area contributed by atoms with Crippen molar-refractivity contribution in [3.8, 4) is 0 Å². The van der Waals surface area contributed by atoms with Crippen LogP contribution in [0.3, 0.4) is 0 Å². The molecule has 1 rings (SSSR count). The molecule has 0 fully saturated rings. The van der Waals surface area contributed by atoms with Crippen LogP contribution in [0.5, 0.6) is 0 Å². The summed E-state index contributed by atoms with van der Waals surface area (Å²) in [5, 5.41) is 11.5. The molecule has 3 nitrogen and oxygen atoms in total. The maximum Gasteiger partial charge on any atom is 0.326 e. The first kappa shape index (κ1) is 10.5. The van der Waals surface area contributed by atoms with Crippen molar-refractivity contribution in [2.75, 3.05) is 5.32 Å². The Morgan fingerprint density at radius 1 is 1.64 bits per heavy atom. The highest BCUT2D eigenvalue weighted by molar-refractivity contribution is 5.77. The van der Waals surface area contributed by atoms with Crippen molar-refractivity contribution < 1.29 is 14.3 Å². The minimum Gasteiger partial charge on any atom is -0.480 e. The summed E-state index contributed by atoms with van der Waals surface area (Å²) in [6.07, 6.45) is 0.450. The number of aliphatic carboxylic acids is 1. The Bertz CT molecular complexity index is 328. The van der Waals surface area contributed by atoms with Crippen LogP contribution in [-0.4, -0.2) is 17.1 Å². The maximum absolute atomic E-state index is 12.7. The van der Waals surface area contributed by atoms with Gasteiger partial charge in [0.25, 0.3) is 0 Å². The van der Waals surface area contributed by atoms with Gasteiger partial charge >= 0.3 is 5.97 Å². The molecule has 0 aliphatic heterocycles. The fraction of sp³-hybridized carbons (Fsp3) is 0.300. The highest BCUT2D eigenvalue weighted by atomic mass is 19.1. The van der Waals surface area contributed by atoms with Gasteiger partial charge in [-0.25, -0.2) is 9.18 Å². The number of anilines is 1. The molecular weight excluding hydrogens is 185 g/mol. The molecule has 1 aromatic carbocycles. The van der Waals surface area contributed by atoms with Gasteiger partial charge in [-0.1, -0.05) is 13.0 Å². The lowest BCUT2D eigenvalue weighted by molar-refractivity contribution is -0.137. The van der Waals surface area contributed by atoms with E-state index < -0.39 is 12.0 Å². The molecule has 0 saturated heterocycles. The number of carboxylic acids is 1. The molecule has 0 radical (unpaired) electrons. The van der Waals surface area contributed by atoms with Gasteiger partial charge in [0.05, 0.1) is 0 Å². The van der Waals surface area contributed by atoms with Gasteiger partial charge in [-0.2, -0.15) is 0 Å². The maximum atomic E-state index is 12.7. The van der Waals surface area contributed by atoms with Gasteiger partial charge in [-0.15, -0.1) is 0 Å². The van der Waals surface area contributed by atoms with E-state index in [-0.39, 0.29) is 5.82 Å². The first-order valence-electron chi connectivity index (χ1n) is 4.38. The largest absolute Gasteiger partial charge is 0.480 e. The van der Waals surface area contributed by atoms with Crippen LogP contribution in [-0.2, 0) is 4.79 Å². The van der Waals surface area contributed by atoms with Crippen molar-refractivity contribution >= 4 is 11.7 Å². The van der Waals surface area contributed by atoms with E-state index in [2.05, 4.69) is 5.32 Å². The average Bonchev–Trinajstić information content (AvgIpc) is 2.14. The fourth-order valence-electron chi connectivity index (χ4n) is 1.12. The van der Waals surface area contributed by atoms with Crippen LogP contribution in [0.2, 0.25) is 0 Å². The van der Waals surface area contributed by atoms with Crippen LogP contribution < -0.4 is 5.32 Å². The van der Waals surface area contributed by atoms with Crippen LogP contribution in [0.1, 0.15) is 13.3 Å². The van der Waals surface area contributed by atoms with Crippen molar-refractivity contribution in [1.29, 1.82) is 0 Å². The van der Waals surface area contributed by atoms with Crippen molar-refractivity contribution in [2.24, 2.45) is 0 Å². The average molecular weight is 197 g/mol. The van der Waals surface area contributed by atoms with E-state index >= 15 is 0 Å². The van der Waals surface area contributed by atoms with Crippen molar-refractivity contribution in [1.82, 2.24) is 0 Å². The van der Waals surface area contributed by atoms with Crippen LogP contribution in [0, 0.1) is 5.82 Å². The summed E-state index contributed by atoms with van der Waals surface area (Å²) < 4.78 is 12.7. The number of hydrogen-bond acceptors (Lipinski definition) is 2. The molecule has 4 heteroatoms. The number of hydrogen-bond donors (Lipinski definition) is 2. The Morgan fingerprint density at radius 2 is 2.36 bits per heavy atom. The molecule has 1 atom stereocenters. The summed E-state index contributed by atoms with van der Waals surface area (Å²) in [6.45, 7) is 1.76. The number of benzene rings is 1. The molecule has 0 amide bonds. The Kier molecular flexibility index (Phi) is 3.45. The molecule has 0 aromatic heterocycles. The summed E-state index contributed by atoms with van der Waals surface area (Å²) in [4.78, 5) is 10.7. The van der Waals surface area contributed by atoms with E-state index in [0.29, 0.717) is 12.1 Å². The van der Waals surface area contributed by atoms with Crippen molar-refractivity contribution in [3.63, 3.8) is 0 Å². The topological polar surface area (TPSA) is 49.3 Å². The monoisotopic (exact) mass is 197 g/mol. The van der Waals surface area contributed by atoms with Crippen LogP contribution >= 0.6 is 0 Å². The lowest BCUT2D eigenvalue weighted by Gasteiger charge is -2.13. The van der Waals surface area contributed by atoms with Gasteiger partial charge in [0.15, 0.2) is 0 Å². The highest BCUT2D eigenvalue weighted by Crippen LogP contribution is 2.11. The van der Waals surface area contributed by atoms with Gasteiger partial charge < -0.3 is 10.4 Å². The van der Waals surface area contributed by atoms with Gasteiger partial charge in [-0.05, 0) is 24.6 Å². The number of halogens is 1. The van der Waals surface area contributed by atoms with Crippen molar-refractivity contribution in [3.05, 3.63) is 30.1 Å². The molecule has 0 aliphatic rings. The second kappa shape index (κ2) is 4.60. The van der Waals surface area contributed by atoms with Gasteiger partial charge in [0.2, 0.25) is 0 Å². The zero-order valence-electron chi connectivity index (χ0n) is 7.83. The SMILES string of the molecule is CC[C@H](Nc1cccc(F)c1)C(=O)O. The number of carboxylic acid groups (broad SMARTS) is 1. The molecule has 0 spiro atoms. The minimum atomic E-state index is -0.934. The number of rotatable bonds is 4. The van der Waals surface area contributed by atoms with E-state index in [9.17, 15) is 9.18 Å². The van der Waals surface area contributed by atoms with Crippen molar-refractivity contribution in [2.45, 2.75) is 19.4 Å². The second-order valence-corrected chi connectivity index (χ2v) is 2.95. The normalized spacial score (nSPS) is 12.1. The summed E-state index contributed by atoms with van der Waals surface area (Å²) in [5.41, 5.74) is 0.485. The highest BCUT2D eigenvalue weighted by Gasteiger charge is 2.13. The quantitative estimate of drug-likeness (QED) is 0.777. The first-order chi connectivity index (χ1) is 6.63. The Morgan fingerprint density at radius 3 is 2.86 bits per heavy atom. The Labute approximate surface area is 81.6 Å². The summed E-state index contributed by atoms with van der Waals surface area (Å²) >= 11 is 0. The molecule has 0 bridgehead atoms. The molecule has 1 aromatic rings. The lowest BCUT2D eigenvalue weighted by Crippen LogP contribution is -2.28. The summed E-state index contributed by atoms with van der Waals surface area (Å²) in [7, 11) is 0. The van der Waals surface area contributed by atoms with E-state index in [1.807, 2.05) is 0 Å². The van der Waals surface area contributed by atoms with Crippen LogP contribution in [0.4, 0.5) is 10.1 Å². The van der Waals surface area contributed by atoms with E-state index in [0.717, 1.165) is 0 Å². The third-order valence-corrected chi connectivity index (χ3v) is 1.87. The molecule has 0 heterocycles. The van der Waals surface area contributed by atoms with Crippen LogP contribution in [0.15, 0.2) is 24.3 Å². The zero-order chi connectivity index (χ0) is 10.6. The smallest absolute Gasteiger partial charge is 0.326 e. The predicted octanol–water partition coefficient (Wildman–Crippen LogP) is 2.10. The standard InChI is InChI=1S/C10H12FNO2/c1-2-9(10(13)14)12-8-5-3-4-7(11)6-8/h3-6,9,12H,2H2,1H3,(H,13,14)/t9-/m0/s1. The fourth-order valence-corrected chi connectivity index (χ4v) is 1.12. The zero-order valence-corrected chi connectivity index (χ0v) is 7.83. The van der Waals surface area contributed by atoms with Crippen LogP contribution in [0.25, 0.3) is 0 Å². The van der Waals surface area contributed by atoms with Gasteiger partial charge in [-0.3, -0.25) is 0 Å². The third kappa shape index (κ3) is 2.73. The molecule has 0 unspecified atom stereocenters. The lowest BCUT2D eigenvalue weighted by atomic mass is 10.2. The third-order valence-electron chi connectivity index (χ3n) is 1.87. The van der Waals surface area contributed by atoms with Gasteiger partial charge in [0.1, 0.15) is 11.9 Å². The molecule has 2 N–H and O–H groups in total. The molecule has 76 valence electrons. The Hall–Kier alpha value is -1.58. The van der Waals surface area contributed by atoms with Gasteiger partial charge in [0, 0.05) is 5.69 Å². The van der Waals surface area contributed by atoms with E-state index in [1.165, 1.54) is 18.2 Å². The summed E-state index contributed by atoms with van der Waals surface area (Å²) in [5.74, 6) is -1.31. The molecule has 0 saturated carbocycles.